The molecule has 7 nitrogen and oxygen atoms in total. The van der Waals surface area contributed by atoms with Crippen LogP contribution in [-0.4, -0.2) is 46.3 Å². The molecule has 0 saturated carbocycles. The summed E-state index contributed by atoms with van der Waals surface area (Å²) in [6, 6.07) is 8.65. The number of fused-ring (bicyclic) bond motifs is 1. The Morgan fingerprint density at radius 2 is 1.77 bits per heavy atom. The van der Waals surface area contributed by atoms with Crippen molar-refractivity contribution >= 4 is 41.1 Å². The van der Waals surface area contributed by atoms with Gasteiger partial charge in [-0.25, -0.2) is 9.69 Å². The van der Waals surface area contributed by atoms with Crippen LogP contribution < -0.4 is 10.2 Å². The number of carboxylic acids is 1. The van der Waals surface area contributed by atoms with Gasteiger partial charge >= 0.3 is 5.97 Å². The molecule has 31 heavy (non-hydrogen) atoms. The fourth-order valence-electron chi connectivity index (χ4n) is 3.50. The summed E-state index contributed by atoms with van der Waals surface area (Å²) in [5, 5.41) is 11.9. The van der Waals surface area contributed by atoms with Crippen molar-refractivity contribution in [1.82, 2.24) is 5.32 Å². The van der Waals surface area contributed by atoms with Crippen molar-refractivity contribution in [2.75, 3.05) is 16.4 Å². The maximum absolute atomic E-state index is 13.0. The van der Waals surface area contributed by atoms with E-state index in [-0.39, 0.29) is 16.7 Å². The molecule has 1 heterocycles. The van der Waals surface area contributed by atoms with Crippen molar-refractivity contribution in [2.45, 2.75) is 33.2 Å². The number of imide groups is 1. The third-order valence-electron chi connectivity index (χ3n) is 5.10. The Kier molecular flexibility index (Phi) is 6.80. The van der Waals surface area contributed by atoms with Gasteiger partial charge in [-0.1, -0.05) is 24.6 Å². The van der Waals surface area contributed by atoms with E-state index in [4.69, 9.17) is 0 Å². The third kappa shape index (κ3) is 4.64. The number of carbonyl (C=O) groups is 4. The summed E-state index contributed by atoms with van der Waals surface area (Å²) >= 11 is 1.59. The number of anilines is 1. The lowest BCUT2D eigenvalue weighted by Gasteiger charge is -2.17. The Morgan fingerprint density at radius 3 is 2.42 bits per heavy atom. The Bertz CT molecular complexity index is 1070. The minimum Gasteiger partial charge on any atom is -0.480 e. The maximum atomic E-state index is 13.0. The highest BCUT2D eigenvalue weighted by Gasteiger charge is 2.38. The van der Waals surface area contributed by atoms with E-state index >= 15 is 0 Å². The standard InChI is InChI=1S/C23H24N2O5S/c1-4-31-10-9-18(23(29)30)24-20(26)15-6-7-16-17(12-15)22(28)25(21(16)27)19-8-5-13(2)11-14(19)3/h5-8,11-12,18H,4,9-10H2,1-3H3,(H,24,26)(H,29,30). The highest BCUT2D eigenvalue weighted by atomic mass is 32.2. The molecule has 0 aromatic heterocycles. The van der Waals surface area contributed by atoms with Crippen LogP contribution in [-0.2, 0) is 4.79 Å². The van der Waals surface area contributed by atoms with E-state index < -0.39 is 29.7 Å². The molecule has 2 aromatic rings. The van der Waals surface area contributed by atoms with Crippen molar-refractivity contribution < 1.29 is 24.3 Å². The molecule has 0 fully saturated rings. The van der Waals surface area contributed by atoms with Crippen LogP contribution in [0.2, 0.25) is 0 Å². The molecule has 1 aliphatic rings. The molecule has 2 aromatic carbocycles. The number of amides is 3. The van der Waals surface area contributed by atoms with Crippen molar-refractivity contribution in [2.24, 2.45) is 0 Å². The molecule has 1 aliphatic heterocycles. The van der Waals surface area contributed by atoms with Gasteiger partial charge in [0.15, 0.2) is 0 Å². The zero-order valence-electron chi connectivity index (χ0n) is 17.6. The molecule has 3 rings (SSSR count). The van der Waals surface area contributed by atoms with Crippen molar-refractivity contribution in [3.63, 3.8) is 0 Å². The molecule has 0 radical (unpaired) electrons. The fraction of sp³-hybridized carbons (Fsp3) is 0.304. The average molecular weight is 441 g/mol. The van der Waals surface area contributed by atoms with E-state index in [0.29, 0.717) is 17.9 Å². The topological polar surface area (TPSA) is 104 Å². The van der Waals surface area contributed by atoms with Crippen LogP contribution in [0, 0.1) is 13.8 Å². The number of aliphatic carboxylic acids is 1. The summed E-state index contributed by atoms with van der Waals surface area (Å²) < 4.78 is 0. The van der Waals surface area contributed by atoms with Crippen LogP contribution in [0.1, 0.15) is 55.5 Å². The fourth-order valence-corrected chi connectivity index (χ4v) is 4.19. The molecule has 0 bridgehead atoms. The smallest absolute Gasteiger partial charge is 0.326 e. The second-order valence-corrected chi connectivity index (χ2v) is 8.74. The molecule has 2 N–H and O–H groups in total. The number of nitrogens with one attached hydrogen (secondary N) is 1. The Balaban J connectivity index is 1.84. The predicted octanol–water partition coefficient (Wildman–Crippen LogP) is 3.43. The lowest BCUT2D eigenvalue weighted by atomic mass is 10.0. The number of carbonyl (C=O) groups excluding carboxylic acids is 3. The first kappa shape index (κ1) is 22.6. The first-order valence-corrected chi connectivity index (χ1v) is 11.1. The van der Waals surface area contributed by atoms with Crippen LogP contribution in [0.5, 0.6) is 0 Å². The van der Waals surface area contributed by atoms with E-state index in [1.54, 1.807) is 17.8 Å². The normalized spacial score (nSPS) is 13.8. The zero-order valence-corrected chi connectivity index (χ0v) is 18.4. The van der Waals surface area contributed by atoms with Gasteiger partial charge in [-0.15, -0.1) is 0 Å². The summed E-state index contributed by atoms with van der Waals surface area (Å²) in [5.74, 6) is -1.19. The zero-order chi connectivity index (χ0) is 22.7. The number of nitrogens with zero attached hydrogens (tertiary/aromatic N) is 1. The molecular formula is C23H24N2O5S. The van der Waals surface area contributed by atoms with Gasteiger partial charge in [0, 0.05) is 5.56 Å². The molecule has 8 heteroatoms. The van der Waals surface area contributed by atoms with Crippen LogP contribution in [0.3, 0.4) is 0 Å². The number of hydrogen-bond acceptors (Lipinski definition) is 5. The van der Waals surface area contributed by atoms with Crippen molar-refractivity contribution in [1.29, 1.82) is 0 Å². The SMILES string of the molecule is CCSCCC(NC(=O)c1ccc2c(c1)C(=O)N(c1ccc(C)cc1C)C2=O)C(=O)O. The summed E-state index contributed by atoms with van der Waals surface area (Å²) in [6.45, 7) is 5.73. The summed E-state index contributed by atoms with van der Waals surface area (Å²) in [6.07, 6.45) is 0.294. The maximum Gasteiger partial charge on any atom is 0.326 e. The highest BCUT2D eigenvalue weighted by molar-refractivity contribution is 7.99. The minimum atomic E-state index is -1.11. The Labute approximate surface area is 184 Å². The molecule has 1 unspecified atom stereocenters. The second-order valence-electron chi connectivity index (χ2n) is 7.35. The van der Waals surface area contributed by atoms with Crippen LogP contribution in [0.15, 0.2) is 36.4 Å². The van der Waals surface area contributed by atoms with E-state index in [2.05, 4.69) is 5.32 Å². The van der Waals surface area contributed by atoms with E-state index in [1.165, 1.54) is 18.2 Å². The van der Waals surface area contributed by atoms with Gasteiger partial charge in [-0.2, -0.15) is 11.8 Å². The van der Waals surface area contributed by atoms with Crippen LogP contribution in [0.25, 0.3) is 0 Å². The molecular weight excluding hydrogens is 416 g/mol. The van der Waals surface area contributed by atoms with Crippen LogP contribution >= 0.6 is 11.8 Å². The summed E-state index contributed by atoms with van der Waals surface area (Å²) in [5.41, 5.74) is 2.80. The first-order chi connectivity index (χ1) is 14.7. The van der Waals surface area contributed by atoms with Gasteiger partial charge in [-0.3, -0.25) is 14.4 Å². The van der Waals surface area contributed by atoms with Crippen LogP contribution in [0.4, 0.5) is 5.69 Å². The van der Waals surface area contributed by atoms with Crippen molar-refractivity contribution in [3.05, 3.63) is 64.2 Å². The van der Waals surface area contributed by atoms with Gasteiger partial charge in [0.25, 0.3) is 17.7 Å². The Hall–Kier alpha value is -3.13. The third-order valence-corrected chi connectivity index (χ3v) is 6.03. The van der Waals surface area contributed by atoms with Crippen molar-refractivity contribution in [3.8, 4) is 0 Å². The molecule has 162 valence electrons. The average Bonchev–Trinajstić information content (AvgIpc) is 2.97. The summed E-state index contributed by atoms with van der Waals surface area (Å²) in [4.78, 5) is 51.1. The van der Waals surface area contributed by atoms with Gasteiger partial charge in [0.1, 0.15) is 6.04 Å². The molecule has 0 spiro atoms. The quantitative estimate of drug-likeness (QED) is 0.481. The lowest BCUT2D eigenvalue weighted by Crippen LogP contribution is -2.41. The minimum absolute atomic E-state index is 0.131. The van der Waals surface area contributed by atoms with E-state index in [9.17, 15) is 24.3 Å². The number of rotatable bonds is 8. The molecule has 0 aliphatic carbocycles. The number of carboxylic acid groups (broad SMARTS) is 1. The monoisotopic (exact) mass is 440 g/mol. The van der Waals surface area contributed by atoms with Gasteiger partial charge in [0.2, 0.25) is 0 Å². The Morgan fingerprint density at radius 1 is 1.06 bits per heavy atom. The molecule has 1 atom stereocenters. The number of benzene rings is 2. The molecule has 0 saturated heterocycles. The predicted molar refractivity (Wildman–Crippen MR) is 120 cm³/mol. The van der Waals surface area contributed by atoms with Gasteiger partial charge in [0.05, 0.1) is 16.8 Å². The number of thioether (sulfide) groups is 1. The lowest BCUT2D eigenvalue weighted by molar-refractivity contribution is -0.139. The second kappa shape index (κ2) is 9.34. The number of hydrogen-bond donors (Lipinski definition) is 2. The van der Waals surface area contributed by atoms with E-state index in [0.717, 1.165) is 21.8 Å². The van der Waals surface area contributed by atoms with Gasteiger partial charge < -0.3 is 10.4 Å². The largest absolute Gasteiger partial charge is 0.480 e. The first-order valence-electron chi connectivity index (χ1n) is 9.96. The van der Waals surface area contributed by atoms with Gasteiger partial charge in [-0.05, 0) is 61.6 Å². The van der Waals surface area contributed by atoms with E-state index in [1.807, 2.05) is 32.9 Å². The molecule has 3 amide bonds. The highest BCUT2D eigenvalue weighted by Crippen LogP contribution is 2.31. The summed E-state index contributed by atoms with van der Waals surface area (Å²) in [7, 11) is 0. The number of aryl methyl sites for hydroxylation is 2.